The van der Waals surface area contributed by atoms with Crippen molar-refractivity contribution >= 4 is 21.0 Å². The molecular weight excluding hydrogens is 270 g/mol. The average Bonchev–Trinajstić information content (AvgIpc) is 2.33. The molecule has 0 saturated carbocycles. The number of hydrogen-bond donors (Lipinski definition) is 1. The van der Waals surface area contributed by atoms with Crippen LogP contribution in [0.4, 0.5) is 0 Å². The van der Waals surface area contributed by atoms with Crippen LogP contribution in [0.25, 0.3) is 10.9 Å². The Morgan fingerprint density at radius 2 is 1.84 bits per heavy atom. The number of nitrogens with zero attached hydrogens (tertiary/aromatic N) is 1. The lowest BCUT2D eigenvalue weighted by atomic mass is 10.2. The molecule has 2 rings (SSSR count). The summed E-state index contributed by atoms with van der Waals surface area (Å²) >= 11 is 0. The Bertz CT molecular complexity index is 636. The third-order valence-electron chi connectivity index (χ3n) is 2.45. The van der Waals surface area contributed by atoms with Crippen LogP contribution in [0.1, 0.15) is 6.42 Å². The highest BCUT2D eigenvalue weighted by molar-refractivity contribution is 7.85. The second-order valence-corrected chi connectivity index (χ2v) is 5.44. The van der Waals surface area contributed by atoms with E-state index in [-0.39, 0.29) is 24.3 Å². The van der Waals surface area contributed by atoms with Crippen molar-refractivity contribution in [1.29, 1.82) is 0 Å². The lowest BCUT2D eigenvalue weighted by Crippen LogP contribution is -2.43. The number of aromatic nitrogens is 1. The van der Waals surface area contributed by atoms with Gasteiger partial charge in [-0.3, -0.25) is 9.39 Å². The summed E-state index contributed by atoms with van der Waals surface area (Å²) in [6, 6.07) is 11.5. The molecule has 6 nitrogen and oxygen atoms in total. The molecule has 0 aliphatic carbocycles. The van der Waals surface area contributed by atoms with E-state index in [0.717, 1.165) is 10.9 Å². The molecule has 0 unspecified atom stereocenters. The first-order chi connectivity index (χ1) is 8.56. The van der Waals surface area contributed by atoms with Gasteiger partial charge in [-0.25, -0.2) is 0 Å². The van der Waals surface area contributed by atoms with Crippen LogP contribution in [-0.4, -0.2) is 30.8 Å². The first-order valence-electron chi connectivity index (χ1n) is 5.54. The number of fused-ring (bicyclic) bond motifs is 1. The Morgan fingerprint density at radius 3 is 2.58 bits per heavy atom. The number of pyridine rings is 1. The van der Waals surface area contributed by atoms with Crippen molar-refractivity contribution in [1.82, 2.24) is 0 Å². The number of rotatable bonds is 5. The average molecular weight is 285 g/mol. The summed E-state index contributed by atoms with van der Waals surface area (Å²) < 4.78 is 31.3. The molecule has 7 heteroatoms. The predicted octanol–water partition coefficient (Wildman–Crippen LogP) is 0.657. The van der Waals surface area contributed by atoms with Gasteiger partial charge in [-0.05, 0) is 12.1 Å². The van der Waals surface area contributed by atoms with E-state index in [2.05, 4.69) is 0 Å². The fraction of sp³-hybridized carbons (Fsp3) is 0.250. The molecule has 0 fully saturated rings. The van der Waals surface area contributed by atoms with Gasteiger partial charge in [-0.1, -0.05) is 12.1 Å². The molecule has 1 aromatic heterocycles. The van der Waals surface area contributed by atoms with Gasteiger partial charge in [-0.2, -0.15) is 8.42 Å². The smallest absolute Gasteiger partial charge is 0.264 e. The Labute approximate surface area is 111 Å². The summed E-state index contributed by atoms with van der Waals surface area (Å²) in [6.45, 7) is 0.221. The molecule has 0 amide bonds. The zero-order valence-electron chi connectivity index (χ0n) is 10.1. The Morgan fingerprint density at radius 1 is 1.16 bits per heavy atom. The van der Waals surface area contributed by atoms with Crippen molar-refractivity contribution in [3.63, 3.8) is 0 Å². The highest BCUT2D eigenvalue weighted by atomic mass is 32.2. The molecule has 1 aromatic carbocycles. The van der Waals surface area contributed by atoms with Crippen LogP contribution >= 0.6 is 0 Å². The van der Waals surface area contributed by atoms with Crippen LogP contribution in [0.15, 0.2) is 42.6 Å². The van der Waals surface area contributed by atoms with Crippen LogP contribution in [0.3, 0.4) is 0 Å². The van der Waals surface area contributed by atoms with E-state index < -0.39 is 10.1 Å². The minimum atomic E-state index is -3.91. The fourth-order valence-corrected chi connectivity index (χ4v) is 2.13. The van der Waals surface area contributed by atoms with Gasteiger partial charge in [0.15, 0.2) is 6.61 Å². The van der Waals surface area contributed by atoms with Crippen molar-refractivity contribution < 1.29 is 28.0 Å². The molecule has 0 atom stereocenters. The first kappa shape index (κ1) is 15.4. The Kier molecular flexibility index (Phi) is 5.22. The monoisotopic (exact) mass is 285 g/mol. The normalized spacial score (nSPS) is 11.0. The zero-order chi connectivity index (χ0) is 13.0. The zero-order valence-corrected chi connectivity index (χ0v) is 11.0. The van der Waals surface area contributed by atoms with Gasteiger partial charge in [0, 0.05) is 23.3 Å². The highest BCUT2D eigenvalue weighted by Gasteiger charge is 2.10. The van der Waals surface area contributed by atoms with Crippen LogP contribution in [0.2, 0.25) is 0 Å². The van der Waals surface area contributed by atoms with Crippen molar-refractivity contribution in [2.75, 3.05) is 12.4 Å². The molecule has 0 radical (unpaired) electrons. The first-order valence-corrected chi connectivity index (χ1v) is 7.15. The van der Waals surface area contributed by atoms with E-state index in [1.165, 1.54) is 0 Å². The lowest BCUT2D eigenvalue weighted by molar-refractivity contribution is -0.871. The summed E-state index contributed by atoms with van der Waals surface area (Å²) in [4.78, 5) is 5.46. The largest absolute Gasteiger partial charge is 0.870 e. The second kappa shape index (κ2) is 6.46. The van der Waals surface area contributed by atoms with Gasteiger partial charge in [0.2, 0.25) is 6.20 Å². The second-order valence-electron chi connectivity index (χ2n) is 3.87. The highest BCUT2D eigenvalue weighted by Crippen LogP contribution is 2.07. The molecule has 104 valence electrons. The van der Waals surface area contributed by atoms with Crippen LogP contribution in [0.5, 0.6) is 0 Å². The lowest BCUT2D eigenvalue weighted by Gasteiger charge is -2.00. The van der Waals surface area contributed by atoms with Gasteiger partial charge in [-0.15, -0.1) is 0 Å². The molecule has 0 spiro atoms. The maximum absolute atomic E-state index is 10.5. The van der Waals surface area contributed by atoms with Crippen molar-refractivity contribution in [3.8, 4) is 0 Å². The topological polar surface area (TPSA) is 97.5 Å². The summed E-state index contributed by atoms with van der Waals surface area (Å²) in [5.74, 6) is -0.293. The number of para-hydroxylation sites is 1. The molecular formula is C12H15NO5S. The van der Waals surface area contributed by atoms with E-state index in [0.29, 0.717) is 0 Å². The Balaban J connectivity index is 0.00000180. The summed E-state index contributed by atoms with van der Waals surface area (Å²) in [7, 11) is -3.91. The van der Waals surface area contributed by atoms with E-state index >= 15 is 0 Å². The molecule has 1 heterocycles. The van der Waals surface area contributed by atoms with Crippen LogP contribution < -0.4 is 9.57 Å². The SMILES string of the molecule is O=S(=O)(O)CCCO[n+]1cccc2ccccc21.[OH-]. The van der Waals surface area contributed by atoms with Crippen LogP contribution in [-0.2, 0) is 10.1 Å². The quantitative estimate of drug-likeness (QED) is 0.494. The molecule has 0 saturated heterocycles. The molecule has 2 aromatic rings. The van der Waals surface area contributed by atoms with Gasteiger partial charge in [0.05, 0.1) is 11.1 Å². The molecule has 0 aliphatic rings. The van der Waals surface area contributed by atoms with Crippen molar-refractivity contribution in [2.45, 2.75) is 6.42 Å². The van der Waals surface area contributed by atoms with Gasteiger partial charge in [0.1, 0.15) is 0 Å². The Hall–Kier alpha value is -1.70. The third-order valence-corrected chi connectivity index (χ3v) is 3.25. The van der Waals surface area contributed by atoms with Gasteiger partial charge in [0.25, 0.3) is 15.6 Å². The molecule has 0 bridgehead atoms. The summed E-state index contributed by atoms with van der Waals surface area (Å²) in [5.41, 5.74) is 0.909. The molecule has 2 N–H and O–H groups in total. The minimum Gasteiger partial charge on any atom is -0.870 e. The third kappa shape index (κ3) is 4.47. The molecule has 19 heavy (non-hydrogen) atoms. The molecule has 0 aliphatic heterocycles. The van der Waals surface area contributed by atoms with E-state index in [1.807, 2.05) is 36.4 Å². The van der Waals surface area contributed by atoms with Gasteiger partial charge < -0.3 is 5.48 Å². The van der Waals surface area contributed by atoms with Crippen LogP contribution in [0, 0.1) is 0 Å². The van der Waals surface area contributed by atoms with E-state index in [9.17, 15) is 8.42 Å². The number of benzene rings is 1. The maximum Gasteiger partial charge on any atom is 0.264 e. The number of hydrogen-bond acceptors (Lipinski definition) is 4. The van der Waals surface area contributed by atoms with Crippen molar-refractivity contribution in [3.05, 3.63) is 42.6 Å². The van der Waals surface area contributed by atoms with Gasteiger partial charge >= 0.3 is 0 Å². The fourth-order valence-electron chi connectivity index (χ4n) is 1.65. The van der Waals surface area contributed by atoms with Crippen molar-refractivity contribution in [2.24, 2.45) is 0 Å². The predicted molar refractivity (Wildman–Crippen MR) is 68.6 cm³/mol. The standard InChI is InChI=1S/C12H13NO4S.H2O/c14-18(15,16)10-4-9-17-13-8-3-6-11-5-1-2-7-12(11)13;/h1-3,5-8H,4,9-10H2;1H2. The maximum atomic E-state index is 10.5. The minimum absolute atomic E-state index is 0. The summed E-state index contributed by atoms with van der Waals surface area (Å²) in [6.07, 6.45) is 2.00. The van der Waals surface area contributed by atoms with E-state index in [4.69, 9.17) is 9.39 Å². The summed E-state index contributed by atoms with van der Waals surface area (Å²) in [5, 5.41) is 1.04. The van der Waals surface area contributed by atoms with E-state index in [1.54, 1.807) is 10.9 Å².